The highest BCUT2D eigenvalue weighted by molar-refractivity contribution is 8.14. The van der Waals surface area contributed by atoms with Crippen LogP contribution in [-0.2, 0) is 0 Å². The summed E-state index contributed by atoms with van der Waals surface area (Å²) in [6.07, 6.45) is 5.40. The SMILES string of the molecule is CC=CCC(C)(C)C1=N[CH]CS1. The number of hydrogen-bond acceptors (Lipinski definition) is 2. The predicted molar refractivity (Wildman–Crippen MR) is 57.4 cm³/mol. The molecular weight excluding hydrogens is 166 g/mol. The number of thioether (sulfide) groups is 1. The third-order valence-corrected chi connectivity index (χ3v) is 3.19. The minimum absolute atomic E-state index is 0.226. The van der Waals surface area contributed by atoms with Gasteiger partial charge < -0.3 is 0 Å². The van der Waals surface area contributed by atoms with Crippen LogP contribution in [0.2, 0.25) is 0 Å². The maximum atomic E-state index is 4.38. The number of rotatable bonds is 3. The molecule has 67 valence electrons. The molecule has 1 aliphatic rings. The molecule has 0 N–H and O–H groups in total. The van der Waals surface area contributed by atoms with Crippen molar-refractivity contribution in [2.75, 3.05) is 5.75 Å². The summed E-state index contributed by atoms with van der Waals surface area (Å²) in [6, 6.07) is 0. The van der Waals surface area contributed by atoms with Crippen LogP contribution in [0.25, 0.3) is 0 Å². The van der Waals surface area contributed by atoms with Crippen molar-refractivity contribution < 1.29 is 0 Å². The van der Waals surface area contributed by atoms with E-state index in [0.717, 1.165) is 12.2 Å². The van der Waals surface area contributed by atoms with Crippen molar-refractivity contribution in [3.8, 4) is 0 Å². The molecule has 0 atom stereocenters. The van der Waals surface area contributed by atoms with Crippen LogP contribution in [0.1, 0.15) is 27.2 Å². The number of allylic oxidation sites excluding steroid dienone is 2. The Morgan fingerprint density at radius 1 is 1.67 bits per heavy atom. The van der Waals surface area contributed by atoms with Crippen molar-refractivity contribution in [3.63, 3.8) is 0 Å². The van der Waals surface area contributed by atoms with E-state index in [4.69, 9.17) is 0 Å². The van der Waals surface area contributed by atoms with Crippen LogP contribution in [0.4, 0.5) is 0 Å². The Balaban J connectivity index is 2.57. The Kier molecular flexibility index (Phi) is 3.39. The molecule has 0 aromatic heterocycles. The van der Waals surface area contributed by atoms with E-state index in [0.29, 0.717) is 0 Å². The number of hydrogen-bond donors (Lipinski definition) is 0. The summed E-state index contributed by atoms with van der Waals surface area (Å²) in [4.78, 5) is 4.38. The summed E-state index contributed by atoms with van der Waals surface area (Å²) < 4.78 is 0. The zero-order chi connectivity index (χ0) is 9.03. The first-order valence-electron chi connectivity index (χ1n) is 4.31. The average molecular weight is 182 g/mol. The molecule has 0 amide bonds. The van der Waals surface area contributed by atoms with Crippen molar-refractivity contribution in [2.45, 2.75) is 27.2 Å². The maximum absolute atomic E-state index is 4.38. The first-order chi connectivity index (χ1) is 5.67. The largest absolute Gasteiger partial charge is 0.276 e. The Morgan fingerprint density at radius 3 is 2.92 bits per heavy atom. The highest BCUT2D eigenvalue weighted by Crippen LogP contribution is 2.33. The lowest BCUT2D eigenvalue weighted by atomic mass is 9.90. The van der Waals surface area contributed by atoms with Gasteiger partial charge >= 0.3 is 0 Å². The Labute approximate surface area is 79.3 Å². The van der Waals surface area contributed by atoms with Gasteiger partial charge in [0.2, 0.25) is 0 Å². The summed E-state index contributed by atoms with van der Waals surface area (Å²) in [5, 5.41) is 1.28. The predicted octanol–water partition coefficient (Wildman–Crippen LogP) is 3.29. The van der Waals surface area contributed by atoms with Gasteiger partial charge in [0.25, 0.3) is 0 Å². The molecule has 0 aromatic carbocycles. The van der Waals surface area contributed by atoms with Crippen LogP contribution in [-0.4, -0.2) is 10.8 Å². The van der Waals surface area contributed by atoms with Crippen LogP contribution in [0.15, 0.2) is 17.1 Å². The molecule has 0 bridgehead atoms. The molecule has 2 heteroatoms. The fraction of sp³-hybridized carbons (Fsp3) is 0.600. The van der Waals surface area contributed by atoms with Gasteiger partial charge in [0, 0.05) is 11.2 Å². The van der Waals surface area contributed by atoms with E-state index in [2.05, 4.69) is 37.9 Å². The van der Waals surface area contributed by atoms with Gasteiger partial charge in [-0.3, -0.25) is 4.99 Å². The second-order valence-corrected chi connectivity index (χ2v) is 4.59. The molecule has 12 heavy (non-hydrogen) atoms. The van der Waals surface area contributed by atoms with Gasteiger partial charge in [-0.25, -0.2) is 0 Å². The van der Waals surface area contributed by atoms with Crippen LogP contribution in [0, 0.1) is 12.0 Å². The quantitative estimate of drug-likeness (QED) is 0.610. The van der Waals surface area contributed by atoms with Crippen LogP contribution < -0.4 is 0 Å². The lowest BCUT2D eigenvalue weighted by Gasteiger charge is -2.22. The van der Waals surface area contributed by atoms with Gasteiger partial charge in [-0.05, 0) is 13.3 Å². The van der Waals surface area contributed by atoms with Gasteiger partial charge in [-0.2, -0.15) is 0 Å². The molecule has 0 fully saturated rings. The lowest BCUT2D eigenvalue weighted by Crippen LogP contribution is -2.19. The molecule has 0 saturated carbocycles. The molecule has 1 radical (unpaired) electrons. The van der Waals surface area contributed by atoms with E-state index in [1.165, 1.54) is 5.04 Å². The van der Waals surface area contributed by atoms with Crippen molar-refractivity contribution >= 4 is 16.8 Å². The molecule has 1 heterocycles. The molecule has 0 spiro atoms. The van der Waals surface area contributed by atoms with Crippen molar-refractivity contribution in [3.05, 3.63) is 18.7 Å². The van der Waals surface area contributed by atoms with Gasteiger partial charge in [0.05, 0.1) is 11.6 Å². The van der Waals surface area contributed by atoms with Gasteiger partial charge in [0.15, 0.2) is 0 Å². The summed E-state index contributed by atoms with van der Waals surface area (Å²) in [5.74, 6) is 1.05. The maximum Gasteiger partial charge on any atom is 0.0835 e. The van der Waals surface area contributed by atoms with Crippen molar-refractivity contribution in [1.82, 2.24) is 0 Å². The van der Waals surface area contributed by atoms with Gasteiger partial charge in [0.1, 0.15) is 0 Å². The molecule has 1 aliphatic heterocycles. The molecule has 1 nitrogen and oxygen atoms in total. The van der Waals surface area contributed by atoms with E-state index in [9.17, 15) is 0 Å². The standard InChI is InChI=1S/C10H16NS/c1-4-5-6-10(2,3)9-11-7-8-12-9/h4-5,7H,6,8H2,1-3H3. The Morgan fingerprint density at radius 2 is 2.42 bits per heavy atom. The Bertz CT molecular complexity index is 204. The Hall–Kier alpha value is -0.240. The minimum atomic E-state index is 0.226. The highest BCUT2D eigenvalue weighted by Gasteiger charge is 2.26. The first-order valence-corrected chi connectivity index (χ1v) is 5.29. The monoisotopic (exact) mass is 182 g/mol. The van der Waals surface area contributed by atoms with E-state index in [-0.39, 0.29) is 5.41 Å². The summed E-state index contributed by atoms with van der Waals surface area (Å²) in [7, 11) is 0. The van der Waals surface area contributed by atoms with E-state index < -0.39 is 0 Å². The van der Waals surface area contributed by atoms with E-state index >= 15 is 0 Å². The highest BCUT2D eigenvalue weighted by atomic mass is 32.2. The van der Waals surface area contributed by atoms with Crippen molar-refractivity contribution in [2.24, 2.45) is 10.4 Å². The molecule has 1 rings (SSSR count). The molecule has 0 unspecified atom stereocenters. The number of nitrogens with zero attached hydrogens (tertiary/aromatic N) is 1. The topological polar surface area (TPSA) is 12.4 Å². The molecule has 0 aliphatic carbocycles. The zero-order valence-electron chi connectivity index (χ0n) is 8.00. The lowest BCUT2D eigenvalue weighted by molar-refractivity contribution is 0.541. The third-order valence-electron chi connectivity index (χ3n) is 1.95. The smallest absolute Gasteiger partial charge is 0.0835 e. The molecule has 0 aromatic rings. The fourth-order valence-corrected chi connectivity index (χ4v) is 2.07. The third kappa shape index (κ3) is 2.37. The minimum Gasteiger partial charge on any atom is -0.276 e. The second kappa shape index (κ2) is 4.13. The summed E-state index contributed by atoms with van der Waals surface area (Å²) >= 11 is 1.86. The molecule has 0 saturated heterocycles. The normalized spacial score (nSPS) is 18.8. The van der Waals surface area contributed by atoms with Crippen LogP contribution in [0.3, 0.4) is 0 Å². The molecular formula is C10H16NS. The summed E-state index contributed by atoms with van der Waals surface area (Å²) in [6.45, 7) is 8.55. The van der Waals surface area contributed by atoms with E-state index in [1.54, 1.807) is 0 Å². The average Bonchev–Trinajstić information content (AvgIpc) is 2.53. The van der Waals surface area contributed by atoms with Crippen LogP contribution in [0.5, 0.6) is 0 Å². The first kappa shape index (κ1) is 9.85. The van der Waals surface area contributed by atoms with Gasteiger partial charge in [-0.15, -0.1) is 11.8 Å². The second-order valence-electron chi connectivity index (χ2n) is 3.58. The van der Waals surface area contributed by atoms with Gasteiger partial charge in [-0.1, -0.05) is 26.0 Å². The summed E-state index contributed by atoms with van der Waals surface area (Å²) in [5.41, 5.74) is 0.226. The van der Waals surface area contributed by atoms with E-state index in [1.807, 2.05) is 18.3 Å². The fourth-order valence-electron chi connectivity index (χ4n) is 1.14. The van der Waals surface area contributed by atoms with Crippen molar-refractivity contribution in [1.29, 1.82) is 0 Å². The van der Waals surface area contributed by atoms with Crippen LogP contribution >= 0.6 is 11.8 Å². The number of aliphatic imine (C=N–C) groups is 1. The zero-order valence-corrected chi connectivity index (χ0v) is 8.82.